The van der Waals surface area contributed by atoms with Crippen LogP contribution in [0.1, 0.15) is 6.42 Å². The summed E-state index contributed by atoms with van der Waals surface area (Å²) in [5.41, 5.74) is 0. The van der Waals surface area contributed by atoms with E-state index in [9.17, 15) is 22.0 Å². The first kappa shape index (κ1) is 21.3. The Morgan fingerprint density at radius 1 is 1.04 bits per heavy atom. The summed E-state index contributed by atoms with van der Waals surface area (Å²) in [6.07, 6.45) is 0.683. The molecule has 0 saturated heterocycles. The lowest BCUT2D eigenvalue weighted by atomic mass is 10.4. The summed E-state index contributed by atoms with van der Waals surface area (Å²) in [6.45, 7) is 0.0717. The minimum Gasteiger partial charge on any atom is -0.355 e. The Hall–Kier alpha value is -1.97. The summed E-state index contributed by atoms with van der Waals surface area (Å²) >= 11 is 1.54. The van der Waals surface area contributed by atoms with E-state index < -0.39 is 21.7 Å². The number of nitrogens with zero attached hydrogens (tertiary/aromatic N) is 1. The Kier molecular flexibility index (Phi) is 7.76. The van der Waals surface area contributed by atoms with Crippen LogP contribution in [0, 0.1) is 11.6 Å². The molecule has 0 aliphatic rings. The number of amides is 1. The van der Waals surface area contributed by atoms with Gasteiger partial charge in [0.05, 0.1) is 11.4 Å². The van der Waals surface area contributed by atoms with Crippen molar-refractivity contribution in [2.75, 3.05) is 25.9 Å². The van der Waals surface area contributed by atoms with Crippen molar-refractivity contribution in [3.63, 3.8) is 0 Å². The topological polar surface area (TPSA) is 66.5 Å². The molecule has 0 bridgehead atoms. The Balaban J connectivity index is 1.73. The van der Waals surface area contributed by atoms with Gasteiger partial charge in [0.15, 0.2) is 0 Å². The molecule has 146 valence electrons. The van der Waals surface area contributed by atoms with Crippen LogP contribution in [0.3, 0.4) is 0 Å². The average Bonchev–Trinajstić information content (AvgIpc) is 2.63. The van der Waals surface area contributed by atoms with Crippen LogP contribution in [-0.2, 0) is 14.8 Å². The highest BCUT2D eigenvalue weighted by Gasteiger charge is 2.22. The number of likely N-dealkylation sites (N-methyl/N-ethyl adjacent to an activating group) is 1. The monoisotopic (exact) mass is 414 g/mol. The number of sulfonamides is 1. The van der Waals surface area contributed by atoms with Crippen molar-refractivity contribution in [3.05, 3.63) is 60.2 Å². The predicted octanol–water partition coefficient (Wildman–Crippen LogP) is 2.88. The Morgan fingerprint density at radius 2 is 1.59 bits per heavy atom. The third-order valence-electron chi connectivity index (χ3n) is 3.61. The number of hydrogen-bond acceptors (Lipinski definition) is 4. The molecule has 0 aromatic heterocycles. The second kappa shape index (κ2) is 9.82. The standard InChI is InChI=1S/C18H20F2N2O3S2/c1-22(27(24,25)17-9-5-15(20)6-10-17)13-18(23)21-11-2-12-26-16-7-3-14(19)4-8-16/h3-10H,2,11-13H2,1H3,(H,21,23). The van der Waals surface area contributed by atoms with Crippen molar-refractivity contribution >= 4 is 27.7 Å². The zero-order valence-electron chi connectivity index (χ0n) is 14.7. The number of carbonyl (C=O) groups is 1. The predicted molar refractivity (Wildman–Crippen MR) is 101 cm³/mol. The van der Waals surface area contributed by atoms with Gasteiger partial charge in [0, 0.05) is 18.5 Å². The van der Waals surface area contributed by atoms with Crippen molar-refractivity contribution in [1.82, 2.24) is 9.62 Å². The molecule has 1 amide bonds. The minimum atomic E-state index is -3.85. The Bertz CT molecular complexity index is 857. The van der Waals surface area contributed by atoms with Crippen LogP contribution in [0.5, 0.6) is 0 Å². The molecule has 0 fully saturated rings. The maximum absolute atomic E-state index is 12.9. The molecule has 0 aliphatic heterocycles. The van der Waals surface area contributed by atoms with E-state index in [1.807, 2.05) is 0 Å². The molecule has 1 N–H and O–H groups in total. The van der Waals surface area contributed by atoms with E-state index in [1.165, 1.54) is 19.2 Å². The number of carbonyl (C=O) groups excluding carboxylic acids is 1. The number of benzene rings is 2. The van der Waals surface area contributed by atoms with Gasteiger partial charge in [-0.2, -0.15) is 4.31 Å². The second-order valence-electron chi connectivity index (χ2n) is 5.72. The van der Waals surface area contributed by atoms with Crippen LogP contribution in [-0.4, -0.2) is 44.5 Å². The fourth-order valence-electron chi connectivity index (χ4n) is 2.15. The smallest absolute Gasteiger partial charge is 0.243 e. The van der Waals surface area contributed by atoms with E-state index in [0.717, 1.165) is 39.2 Å². The minimum absolute atomic E-state index is 0.0742. The van der Waals surface area contributed by atoms with E-state index in [1.54, 1.807) is 23.9 Å². The first-order valence-electron chi connectivity index (χ1n) is 8.16. The van der Waals surface area contributed by atoms with Gasteiger partial charge in [-0.15, -0.1) is 11.8 Å². The van der Waals surface area contributed by atoms with Crippen molar-refractivity contribution in [2.45, 2.75) is 16.2 Å². The van der Waals surface area contributed by atoms with E-state index in [4.69, 9.17) is 0 Å². The lowest BCUT2D eigenvalue weighted by molar-refractivity contribution is -0.121. The second-order valence-corrected chi connectivity index (χ2v) is 8.93. The Morgan fingerprint density at radius 3 is 2.19 bits per heavy atom. The Labute approximate surface area is 161 Å². The molecular formula is C18H20F2N2O3S2. The maximum atomic E-state index is 12.9. The highest BCUT2D eigenvalue weighted by Crippen LogP contribution is 2.18. The van der Waals surface area contributed by atoms with Crippen molar-refractivity contribution in [3.8, 4) is 0 Å². The van der Waals surface area contributed by atoms with E-state index in [2.05, 4.69) is 5.32 Å². The number of halogens is 2. The number of hydrogen-bond donors (Lipinski definition) is 1. The third kappa shape index (κ3) is 6.60. The van der Waals surface area contributed by atoms with Crippen molar-refractivity contribution in [1.29, 1.82) is 0 Å². The molecule has 9 heteroatoms. The van der Waals surface area contributed by atoms with Crippen LogP contribution in [0.15, 0.2) is 58.3 Å². The van der Waals surface area contributed by atoms with Crippen LogP contribution in [0.2, 0.25) is 0 Å². The molecule has 2 aromatic rings. The van der Waals surface area contributed by atoms with Gasteiger partial charge < -0.3 is 5.32 Å². The van der Waals surface area contributed by atoms with Crippen LogP contribution in [0.4, 0.5) is 8.78 Å². The molecule has 5 nitrogen and oxygen atoms in total. The van der Waals surface area contributed by atoms with Crippen LogP contribution < -0.4 is 5.32 Å². The first-order valence-corrected chi connectivity index (χ1v) is 10.6. The molecule has 27 heavy (non-hydrogen) atoms. The van der Waals surface area contributed by atoms with Gasteiger partial charge in [-0.3, -0.25) is 4.79 Å². The summed E-state index contributed by atoms with van der Waals surface area (Å²) in [5.74, 6) is -0.510. The van der Waals surface area contributed by atoms with Crippen molar-refractivity contribution in [2.24, 2.45) is 0 Å². The van der Waals surface area contributed by atoms with Gasteiger partial charge in [0.25, 0.3) is 0 Å². The molecule has 0 radical (unpaired) electrons. The molecule has 0 aliphatic carbocycles. The summed E-state index contributed by atoms with van der Waals surface area (Å²) in [7, 11) is -2.56. The first-order chi connectivity index (χ1) is 12.8. The highest BCUT2D eigenvalue weighted by molar-refractivity contribution is 7.99. The van der Waals surface area contributed by atoms with Gasteiger partial charge in [0.1, 0.15) is 11.6 Å². The zero-order valence-corrected chi connectivity index (χ0v) is 16.3. The fourth-order valence-corrected chi connectivity index (χ4v) is 4.13. The summed E-state index contributed by atoms with van der Waals surface area (Å²) < 4.78 is 51.3. The average molecular weight is 414 g/mol. The largest absolute Gasteiger partial charge is 0.355 e. The summed E-state index contributed by atoms with van der Waals surface area (Å²) in [6, 6.07) is 10.6. The van der Waals surface area contributed by atoms with Crippen molar-refractivity contribution < 1.29 is 22.0 Å². The van der Waals surface area contributed by atoms with Gasteiger partial charge in [-0.1, -0.05) is 0 Å². The lowest BCUT2D eigenvalue weighted by Crippen LogP contribution is -2.38. The van der Waals surface area contributed by atoms with Gasteiger partial charge >= 0.3 is 0 Å². The SMILES string of the molecule is CN(CC(=O)NCCCSc1ccc(F)cc1)S(=O)(=O)c1ccc(F)cc1. The number of thioether (sulfide) groups is 1. The van der Waals surface area contributed by atoms with Gasteiger partial charge in [-0.25, -0.2) is 17.2 Å². The van der Waals surface area contributed by atoms with Crippen LogP contribution in [0.25, 0.3) is 0 Å². The molecule has 0 atom stereocenters. The molecule has 2 aromatic carbocycles. The summed E-state index contributed by atoms with van der Waals surface area (Å²) in [4.78, 5) is 12.8. The normalized spacial score (nSPS) is 11.6. The molecular weight excluding hydrogens is 394 g/mol. The zero-order chi connectivity index (χ0) is 19.9. The van der Waals surface area contributed by atoms with Gasteiger partial charge in [0.2, 0.25) is 15.9 Å². The molecule has 0 heterocycles. The number of rotatable bonds is 9. The van der Waals surface area contributed by atoms with Gasteiger partial charge in [-0.05, 0) is 60.7 Å². The van der Waals surface area contributed by atoms with E-state index >= 15 is 0 Å². The molecule has 0 spiro atoms. The summed E-state index contributed by atoms with van der Waals surface area (Å²) in [5, 5.41) is 2.66. The quantitative estimate of drug-likeness (QED) is 0.506. The fraction of sp³-hybridized carbons (Fsp3) is 0.278. The molecule has 2 rings (SSSR count). The molecule has 0 saturated carbocycles. The third-order valence-corrected chi connectivity index (χ3v) is 6.53. The lowest BCUT2D eigenvalue weighted by Gasteiger charge is -2.16. The van der Waals surface area contributed by atoms with E-state index in [0.29, 0.717) is 13.0 Å². The van der Waals surface area contributed by atoms with E-state index in [-0.39, 0.29) is 17.3 Å². The highest BCUT2D eigenvalue weighted by atomic mass is 32.2. The molecule has 0 unspecified atom stereocenters. The maximum Gasteiger partial charge on any atom is 0.243 e. The van der Waals surface area contributed by atoms with Crippen LogP contribution >= 0.6 is 11.8 Å². The number of nitrogens with one attached hydrogen (secondary N) is 1.